The van der Waals surface area contributed by atoms with E-state index in [1.54, 1.807) is 0 Å². The van der Waals surface area contributed by atoms with Crippen LogP contribution in [0.25, 0.3) is 0 Å². The van der Waals surface area contributed by atoms with Crippen LogP contribution in [0, 0.1) is 5.92 Å². The molecule has 4 nitrogen and oxygen atoms in total. The molecular formula is C10H19F3N2O2. The molecule has 0 aliphatic heterocycles. The topological polar surface area (TPSA) is 66.6 Å². The minimum Gasteiger partial charge on any atom is -0.395 e. The molecule has 1 amide bonds. The number of aliphatic hydroxyl groups is 1. The largest absolute Gasteiger partial charge is 0.406 e. The molecule has 0 saturated heterocycles. The number of alkyl halides is 3. The molecule has 0 aromatic rings. The van der Waals surface area contributed by atoms with Crippen molar-refractivity contribution in [3.05, 3.63) is 0 Å². The molecular weight excluding hydrogens is 237 g/mol. The second-order valence-corrected chi connectivity index (χ2v) is 3.87. The van der Waals surface area contributed by atoms with Crippen molar-refractivity contribution in [1.82, 2.24) is 4.90 Å². The molecule has 1 atom stereocenters. The van der Waals surface area contributed by atoms with E-state index < -0.39 is 25.2 Å². The summed E-state index contributed by atoms with van der Waals surface area (Å²) in [7, 11) is 0. The van der Waals surface area contributed by atoms with Crippen molar-refractivity contribution >= 4 is 5.91 Å². The van der Waals surface area contributed by atoms with Gasteiger partial charge in [-0.25, -0.2) is 0 Å². The highest BCUT2D eigenvalue weighted by Crippen LogP contribution is 2.18. The number of hydrogen-bond donors (Lipinski definition) is 2. The van der Waals surface area contributed by atoms with Crippen LogP contribution in [0.1, 0.15) is 19.8 Å². The number of carbonyl (C=O) groups is 1. The van der Waals surface area contributed by atoms with Crippen LogP contribution >= 0.6 is 0 Å². The quantitative estimate of drug-likeness (QED) is 0.706. The van der Waals surface area contributed by atoms with Crippen LogP contribution in [0.3, 0.4) is 0 Å². The molecule has 17 heavy (non-hydrogen) atoms. The van der Waals surface area contributed by atoms with Crippen LogP contribution in [0.4, 0.5) is 13.2 Å². The Morgan fingerprint density at radius 2 is 2.06 bits per heavy atom. The highest BCUT2D eigenvalue weighted by atomic mass is 19.4. The highest BCUT2D eigenvalue weighted by molar-refractivity contribution is 5.76. The second kappa shape index (κ2) is 7.50. The third-order valence-electron chi connectivity index (χ3n) is 2.47. The third kappa shape index (κ3) is 7.17. The average molecular weight is 256 g/mol. The molecule has 0 heterocycles. The summed E-state index contributed by atoms with van der Waals surface area (Å²) in [6.45, 7) is -0.0276. The van der Waals surface area contributed by atoms with Crippen molar-refractivity contribution in [1.29, 1.82) is 0 Å². The van der Waals surface area contributed by atoms with Crippen molar-refractivity contribution in [2.45, 2.75) is 25.9 Å². The summed E-state index contributed by atoms with van der Waals surface area (Å²) < 4.78 is 36.6. The van der Waals surface area contributed by atoms with Gasteiger partial charge in [-0.3, -0.25) is 4.79 Å². The lowest BCUT2D eigenvalue weighted by Crippen LogP contribution is -2.41. The van der Waals surface area contributed by atoms with Gasteiger partial charge in [0.2, 0.25) is 5.91 Å². The Bertz CT molecular complexity index is 230. The Morgan fingerprint density at radius 3 is 2.41 bits per heavy atom. The third-order valence-corrected chi connectivity index (χ3v) is 2.47. The predicted octanol–water partition coefficient (Wildman–Crippen LogP) is 0.745. The number of carbonyl (C=O) groups excluding carboxylic acids is 1. The maximum absolute atomic E-state index is 12.2. The molecule has 7 heteroatoms. The zero-order chi connectivity index (χ0) is 13.5. The lowest BCUT2D eigenvalue weighted by Gasteiger charge is -2.24. The zero-order valence-electron chi connectivity index (χ0n) is 9.83. The van der Waals surface area contributed by atoms with E-state index in [2.05, 4.69) is 0 Å². The molecule has 0 radical (unpaired) electrons. The Kier molecular flexibility index (Phi) is 7.13. The Morgan fingerprint density at radius 1 is 1.47 bits per heavy atom. The van der Waals surface area contributed by atoms with E-state index in [1.165, 1.54) is 0 Å². The molecule has 0 aliphatic rings. The number of nitrogens with two attached hydrogens (primary N) is 1. The molecule has 0 aromatic carbocycles. The Labute approximate surface area is 98.6 Å². The fourth-order valence-corrected chi connectivity index (χ4v) is 1.40. The Balaban J connectivity index is 4.43. The van der Waals surface area contributed by atoms with Gasteiger partial charge >= 0.3 is 6.18 Å². The number of aliphatic hydroxyl groups excluding tert-OH is 1. The average Bonchev–Trinajstić information content (AvgIpc) is 2.23. The molecule has 0 rings (SSSR count). The first kappa shape index (κ1) is 16.2. The summed E-state index contributed by atoms with van der Waals surface area (Å²) in [5.74, 6) is -0.731. The minimum atomic E-state index is -4.45. The molecule has 0 aliphatic carbocycles. The van der Waals surface area contributed by atoms with Crippen LogP contribution in [0.2, 0.25) is 0 Å². The smallest absolute Gasteiger partial charge is 0.395 e. The summed E-state index contributed by atoms with van der Waals surface area (Å²) in [5.41, 5.74) is 5.39. The predicted molar refractivity (Wildman–Crippen MR) is 57.2 cm³/mol. The van der Waals surface area contributed by atoms with Crippen LogP contribution in [-0.2, 0) is 4.79 Å². The first-order valence-corrected chi connectivity index (χ1v) is 5.49. The van der Waals surface area contributed by atoms with Gasteiger partial charge in [0.1, 0.15) is 6.54 Å². The molecule has 0 aromatic heterocycles. The van der Waals surface area contributed by atoms with E-state index in [1.807, 2.05) is 6.92 Å². The molecule has 0 saturated carbocycles. The van der Waals surface area contributed by atoms with Crippen molar-refractivity contribution in [3.8, 4) is 0 Å². The fourth-order valence-electron chi connectivity index (χ4n) is 1.40. The summed E-state index contributed by atoms with van der Waals surface area (Å²) >= 11 is 0. The molecule has 0 bridgehead atoms. The molecule has 102 valence electrons. The molecule has 3 N–H and O–H groups in total. The maximum atomic E-state index is 12.2. The van der Waals surface area contributed by atoms with E-state index in [-0.39, 0.29) is 25.4 Å². The van der Waals surface area contributed by atoms with Crippen molar-refractivity contribution in [2.24, 2.45) is 11.7 Å². The normalized spacial score (nSPS) is 13.5. The number of rotatable bonds is 7. The van der Waals surface area contributed by atoms with Crippen molar-refractivity contribution in [2.75, 3.05) is 26.2 Å². The summed E-state index contributed by atoms with van der Waals surface area (Å²) in [5, 5.41) is 8.64. The van der Waals surface area contributed by atoms with Gasteiger partial charge < -0.3 is 15.7 Å². The summed E-state index contributed by atoms with van der Waals surface area (Å²) in [6.07, 6.45) is -3.82. The van der Waals surface area contributed by atoms with E-state index >= 15 is 0 Å². The summed E-state index contributed by atoms with van der Waals surface area (Å²) in [4.78, 5) is 12.2. The standard InChI is InChI=1S/C10H19F3N2O2/c1-2-8(6-14)5-9(17)15(3-4-16)7-10(11,12)13/h8,16H,2-7,14H2,1H3. The van der Waals surface area contributed by atoms with Crippen LogP contribution in [0.15, 0.2) is 0 Å². The van der Waals surface area contributed by atoms with E-state index in [0.29, 0.717) is 11.3 Å². The maximum Gasteiger partial charge on any atom is 0.406 e. The second-order valence-electron chi connectivity index (χ2n) is 3.87. The first-order chi connectivity index (χ1) is 7.84. The van der Waals surface area contributed by atoms with Crippen LogP contribution in [0.5, 0.6) is 0 Å². The Hall–Kier alpha value is -0.820. The SMILES string of the molecule is CCC(CN)CC(=O)N(CCO)CC(F)(F)F. The van der Waals surface area contributed by atoms with Gasteiger partial charge in [-0.15, -0.1) is 0 Å². The van der Waals surface area contributed by atoms with E-state index in [0.717, 1.165) is 0 Å². The van der Waals surface area contributed by atoms with Crippen LogP contribution < -0.4 is 5.73 Å². The fraction of sp³-hybridized carbons (Fsp3) is 0.900. The molecule has 0 spiro atoms. The zero-order valence-corrected chi connectivity index (χ0v) is 9.83. The van der Waals surface area contributed by atoms with Gasteiger partial charge in [-0.1, -0.05) is 13.3 Å². The van der Waals surface area contributed by atoms with Gasteiger partial charge in [-0.05, 0) is 12.5 Å². The monoisotopic (exact) mass is 256 g/mol. The van der Waals surface area contributed by atoms with E-state index in [4.69, 9.17) is 10.8 Å². The minimum absolute atomic E-state index is 0.0108. The number of amides is 1. The van der Waals surface area contributed by atoms with Crippen molar-refractivity contribution < 1.29 is 23.1 Å². The van der Waals surface area contributed by atoms with Gasteiger partial charge in [0, 0.05) is 13.0 Å². The molecule has 0 fully saturated rings. The lowest BCUT2D eigenvalue weighted by molar-refractivity contribution is -0.162. The molecule has 1 unspecified atom stereocenters. The van der Waals surface area contributed by atoms with Gasteiger partial charge in [0.15, 0.2) is 0 Å². The number of hydrogen-bond acceptors (Lipinski definition) is 3. The highest BCUT2D eigenvalue weighted by Gasteiger charge is 2.33. The summed E-state index contributed by atoms with van der Waals surface area (Å²) in [6, 6.07) is 0. The lowest BCUT2D eigenvalue weighted by atomic mass is 10.0. The van der Waals surface area contributed by atoms with Crippen molar-refractivity contribution in [3.63, 3.8) is 0 Å². The number of halogens is 3. The number of nitrogens with zero attached hydrogens (tertiary/aromatic N) is 1. The van der Waals surface area contributed by atoms with Crippen LogP contribution in [-0.4, -0.2) is 48.3 Å². The van der Waals surface area contributed by atoms with Gasteiger partial charge in [0.05, 0.1) is 6.61 Å². The van der Waals surface area contributed by atoms with E-state index in [9.17, 15) is 18.0 Å². The van der Waals surface area contributed by atoms with Gasteiger partial charge in [-0.2, -0.15) is 13.2 Å². The van der Waals surface area contributed by atoms with Gasteiger partial charge in [0.25, 0.3) is 0 Å². The first-order valence-electron chi connectivity index (χ1n) is 5.49.